The molecule has 1 atom stereocenters. The third-order valence-electron chi connectivity index (χ3n) is 3.27. The van der Waals surface area contributed by atoms with E-state index in [2.05, 4.69) is 11.0 Å². The van der Waals surface area contributed by atoms with E-state index >= 15 is 0 Å². The quantitative estimate of drug-likeness (QED) is 0.762. The largest absolute Gasteiger partial charge is 0.390 e. The number of halogens is 3. The first kappa shape index (κ1) is 15.3. The molecule has 0 aromatic carbocycles. The van der Waals surface area contributed by atoms with Crippen molar-refractivity contribution in [1.29, 1.82) is 5.26 Å². The molecule has 1 aliphatic heterocycles. The van der Waals surface area contributed by atoms with Crippen LogP contribution in [0.2, 0.25) is 0 Å². The highest BCUT2D eigenvalue weighted by molar-refractivity contribution is 4.93. The Bertz CT molecular complexity index is 277. The van der Waals surface area contributed by atoms with Crippen LogP contribution in [0.5, 0.6) is 0 Å². The standard InChI is InChI=1S/C12H20F3N3/c1-2-3-11(10-16)18-8-6-17(7-9-18)5-4-12(13,14)15/h11H,2-9H2,1H3. The van der Waals surface area contributed by atoms with Crippen molar-refractivity contribution in [3.05, 3.63) is 0 Å². The molecule has 0 radical (unpaired) electrons. The number of nitrogens with zero attached hydrogens (tertiary/aromatic N) is 3. The minimum absolute atomic E-state index is 0.0718. The first-order chi connectivity index (χ1) is 8.46. The Labute approximate surface area is 106 Å². The summed E-state index contributed by atoms with van der Waals surface area (Å²) >= 11 is 0. The van der Waals surface area contributed by atoms with Gasteiger partial charge in [-0.2, -0.15) is 18.4 Å². The van der Waals surface area contributed by atoms with Gasteiger partial charge in [0.1, 0.15) is 0 Å². The van der Waals surface area contributed by atoms with E-state index in [1.54, 1.807) is 0 Å². The van der Waals surface area contributed by atoms with Gasteiger partial charge in [-0.05, 0) is 6.42 Å². The molecule has 0 aromatic heterocycles. The molecule has 1 aliphatic rings. The highest BCUT2D eigenvalue weighted by Crippen LogP contribution is 2.20. The lowest BCUT2D eigenvalue weighted by atomic mass is 10.1. The summed E-state index contributed by atoms with van der Waals surface area (Å²) < 4.78 is 36.3. The van der Waals surface area contributed by atoms with Crippen LogP contribution in [0, 0.1) is 11.3 Å². The highest BCUT2D eigenvalue weighted by atomic mass is 19.4. The normalized spacial score (nSPS) is 20.6. The monoisotopic (exact) mass is 263 g/mol. The summed E-state index contributed by atoms with van der Waals surface area (Å²) in [5.74, 6) is 0. The molecule has 0 N–H and O–H groups in total. The maximum atomic E-state index is 12.1. The maximum absolute atomic E-state index is 12.1. The van der Waals surface area contributed by atoms with E-state index in [4.69, 9.17) is 5.26 Å². The molecule has 0 amide bonds. The van der Waals surface area contributed by atoms with Gasteiger partial charge in [-0.1, -0.05) is 13.3 Å². The lowest BCUT2D eigenvalue weighted by Gasteiger charge is -2.37. The van der Waals surface area contributed by atoms with Gasteiger partial charge >= 0.3 is 6.18 Å². The molecule has 0 bridgehead atoms. The SMILES string of the molecule is CCCC(C#N)N1CCN(CCC(F)(F)F)CC1. The molecule has 1 unspecified atom stereocenters. The molecule has 1 saturated heterocycles. The van der Waals surface area contributed by atoms with Crippen LogP contribution in [0.3, 0.4) is 0 Å². The fourth-order valence-corrected chi connectivity index (χ4v) is 2.19. The number of nitriles is 1. The second-order valence-corrected chi connectivity index (χ2v) is 4.68. The topological polar surface area (TPSA) is 30.3 Å². The summed E-state index contributed by atoms with van der Waals surface area (Å²) in [4.78, 5) is 3.90. The van der Waals surface area contributed by atoms with E-state index in [-0.39, 0.29) is 12.6 Å². The lowest BCUT2D eigenvalue weighted by molar-refractivity contribution is -0.138. The third-order valence-corrected chi connectivity index (χ3v) is 3.27. The van der Waals surface area contributed by atoms with Gasteiger partial charge in [-0.25, -0.2) is 0 Å². The van der Waals surface area contributed by atoms with Crippen molar-refractivity contribution in [2.24, 2.45) is 0 Å². The van der Waals surface area contributed by atoms with Gasteiger partial charge < -0.3 is 4.90 Å². The Kier molecular flexibility index (Phi) is 5.89. The van der Waals surface area contributed by atoms with Crippen LogP contribution in [0.1, 0.15) is 26.2 Å². The van der Waals surface area contributed by atoms with Crippen LogP contribution >= 0.6 is 0 Å². The van der Waals surface area contributed by atoms with E-state index in [1.165, 1.54) is 0 Å². The summed E-state index contributed by atoms with van der Waals surface area (Å²) in [5, 5.41) is 9.03. The minimum Gasteiger partial charge on any atom is -0.300 e. The molecule has 104 valence electrons. The second kappa shape index (κ2) is 6.95. The summed E-state index contributed by atoms with van der Waals surface area (Å²) in [5.41, 5.74) is 0. The van der Waals surface area contributed by atoms with Crippen molar-refractivity contribution >= 4 is 0 Å². The predicted octanol–water partition coefficient (Wildman–Crippen LogP) is 2.25. The van der Waals surface area contributed by atoms with Crippen molar-refractivity contribution in [3.63, 3.8) is 0 Å². The van der Waals surface area contributed by atoms with E-state index in [0.29, 0.717) is 26.2 Å². The van der Waals surface area contributed by atoms with Crippen LogP contribution in [0.25, 0.3) is 0 Å². The van der Waals surface area contributed by atoms with Crippen LogP contribution in [-0.2, 0) is 0 Å². The first-order valence-electron chi connectivity index (χ1n) is 6.39. The van der Waals surface area contributed by atoms with Crippen LogP contribution in [0.4, 0.5) is 13.2 Å². The molecule has 3 nitrogen and oxygen atoms in total. The highest BCUT2D eigenvalue weighted by Gasteiger charge is 2.29. The van der Waals surface area contributed by atoms with Crippen molar-refractivity contribution < 1.29 is 13.2 Å². The molecule has 1 fully saturated rings. The second-order valence-electron chi connectivity index (χ2n) is 4.68. The Morgan fingerprint density at radius 2 is 1.83 bits per heavy atom. The van der Waals surface area contributed by atoms with Gasteiger partial charge in [0, 0.05) is 32.7 Å². The van der Waals surface area contributed by atoms with Gasteiger partial charge in [0.2, 0.25) is 0 Å². The summed E-state index contributed by atoms with van der Waals surface area (Å²) in [6, 6.07) is 2.19. The molecule has 0 spiro atoms. The first-order valence-corrected chi connectivity index (χ1v) is 6.39. The van der Waals surface area contributed by atoms with Gasteiger partial charge in [0.15, 0.2) is 0 Å². The van der Waals surface area contributed by atoms with E-state index in [1.807, 2.05) is 11.8 Å². The van der Waals surface area contributed by atoms with Gasteiger partial charge in [0.05, 0.1) is 18.5 Å². The number of hydrogen-bond donors (Lipinski definition) is 0. The number of alkyl halides is 3. The predicted molar refractivity (Wildman–Crippen MR) is 63.0 cm³/mol. The smallest absolute Gasteiger partial charge is 0.300 e. The Morgan fingerprint density at radius 3 is 2.28 bits per heavy atom. The third kappa shape index (κ3) is 5.23. The van der Waals surface area contributed by atoms with Gasteiger partial charge in [0.25, 0.3) is 0 Å². The van der Waals surface area contributed by atoms with E-state index < -0.39 is 12.6 Å². The van der Waals surface area contributed by atoms with Crippen molar-refractivity contribution in [2.45, 2.75) is 38.4 Å². The van der Waals surface area contributed by atoms with Crippen LogP contribution < -0.4 is 0 Å². The number of rotatable bonds is 5. The number of hydrogen-bond acceptors (Lipinski definition) is 3. The summed E-state index contributed by atoms with van der Waals surface area (Å²) in [6.07, 6.45) is -3.04. The fourth-order valence-electron chi connectivity index (χ4n) is 2.19. The fraction of sp³-hybridized carbons (Fsp3) is 0.917. The molecule has 1 heterocycles. The minimum atomic E-state index is -4.07. The zero-order chi connectivity index (χ0) is 13.6. The van der Waals surface area contributed by atoms with E-state index in [0.717, 1.165) is 12.8 Å². The van der Waals surface area contributed by atoms with Crippen molar-refractivity contribution in [1.82, 2.24) is 9.80 Å². The van der Waals surface area contributed by atoms with Crippen LogP contribution in [0.15, 0.2) is 0 Å². The molecule has 0 aliphatic carbocycles. The zero-order valence-electron chi connectivity index (χ0n) is 10.7. The van der Waals surface area contributed by atoms with Crippen molar-refractivity contribution in [2.75, 3.05) is 32.7 Å². The van der Waals surface area contributed by atoms with Gasteiger partial charge in [-0.3, -0.25) is 4.90 Å². The lowest BCUT2D eigenvalue weighted by Crippen LogP contribution is -2.50. The van der Waals surface area contributed by atoms with Gasteiger partial charge in [-0.15, -0.1) is 0 Å². The molecular weight excluding hydrogens is 243 g/mol. The Hall–Kier alpha value is -0.800. The molecule has 18 heavy (non-hydrogen) atoms. The van der Waals surface area contributed by atoms with Crippen molar-refractivity contribution in [3.8, 4) is 6.07 Å². The van der Waals surface area contributed by atoms with Crippen LogP contribution in [-0.4, -0.2) is 54.7 Å². The summed E-state index contributed by atoms with van der Waals surface area (Å²) in [7, 11) is 0. The summed E-state index contributed by atoms with van der Waals surface area (Å²) in [6.45, 7) is 4.73. The zero-order valence-corrected chi connectivity index (χ0v) is 10.7. The molecule has 0 aromatic rings. The Balaban J connectivity index is 2.30. The maximum Gasteiger partial charge on any atom is 0.390 e. The average Bonchev–Trinajstić information content (AvgIpc) is 2.33. The number of piperazine rings is 1. The molecular formula is C12H20F3N3. The Morgan fingerprint density at radius 1 is 1.22 bits per heavy atom. The molecule has 1 rings (SSSR count). The van der Waals surface area contributed by atoms with E-state index in [9.17, 15) is 13.2 Å². The molecule has 0 saturated carbocycles. The molecule has 6 heteroatoms. The average molecular weight is 263 g/mol.